The van der Waals surface area contributed by atoms with Crippen LogP contribution in [0.25, 0.3) is 0 Å². The zero-order valence-corrected chi connectivity index (χ0v) is 14.5. The third-order valence-corrected chi connectivity index (χ3v) is 5.26. The van der Waals surface area contributed by atoms with Crippen LogP contribution in [-0.2, 0) is 4.79 Å². The molecule has 2 aliphatic heterocycles. The zero-order valence-electron chi connectivity index (χ0n) is 12.8. The Kier molecular flexibility index (Phi) is 5.17. The second-order valence-corrected chi connectivity index (χ2v) is 7.46. The molecule has 0 bridgehead atoms. The zero-order chi connectivity index (χ0) is 16.2. The SMILES string of the molecule is NC1=NC(=O)[C@H](CC(=S)Nc2ccc(N3CCCCC3)cc2)S1. The average Bonchev–Trinajstić information content (AvgIpc) is 2.86. The number of thioether (sulfide) groups is 1. The lowest BCUT2D eigenvalue weighted by atomic mass is 10.1. The fourth-order valence-electron chi connectivity index (χ4n) is 2.82. The number of amidine groups is 1. The molecule has 5 nitrogen and oxygen atoms in total. The molecule has 0 aliphatic carbocycles. The minimum Gasteiger partial charge on any atom is -0.378 e. The van der Waals surface area contributed by atoms with E-state index in [-0.39, 0.29) is 11.2 Å². The molecule has 23 heavy (non-hydrogen) atoms. The Morgan fingerprint density at radius 3 is 2.61 bits per heavy atom. The van der Waals surface area contributed by atoms with Crippen molar-refractivity contribution in [2.45, 2.75) is 30.9 Å². The molecule has 2 heterocycles. The summed E-state index contributed by atoms with van der Waals surface area (Å²) in [6, 6.07) is 8.30. The molecule has 0 radical (unpaired) electrons. The van der Waals surface area contributed by atoms with E-state index < -0.39 is 0 Å². The summed E-state index contributed by atoms with van der Waals surface area (Å²) >= 11 is 6.62. The van der Waals surface area contributed by atoms with Gasteiger partial charge >= 0.3 is 0 Å². The van der Waals surface area contributed by atoms with Gasteiger partial charge in [-0.25, -0.2) is 0 Å². The monoisotopic (exact) mass is 348 g/mol. The Hall–Kier alpha value is -1.60. The smallest absolute Gasteiger partial charge is 0.262 e. The Balaban J connectivity index is 1.53. The molecule has 122 valence electrons. The number of thiocarbonyl (C=S) groups is 1. The fraction of sp³-hybridized carbons (Fsp3) is 0.438. The third kappa shape index (κ3) is 4.23. The summed E-state index contributed by atoms with van der Waals surface area (Å²) in [6.07, 6.45) is 4.32. The van der Waals surface area contributed by atoms with E-state index in [2.05, 4.69) is 27.3 Å². The summed E-state index contributed by atoms with van der Waals surface area (Å²) in [5, 5.41) is 3.23. The Morgan fingerprint density at radius 2 is 2.00 bits per heavy atom. The van der Waals surface area contributed by atoms with E-state index in [1.807, 2.05) is 12.1 Å². The van der Waals surface area contributed by atoms with Crippen LogP contribution in [0.2, 0.25) is 0 Å². The van der Waals surface area contributed by atoms with Gasteiger partial charge < -0.3 is 16.0 Å². The van der Waals surface area contributed by atoms with Crippen molar-refractivity contribution in [3.05, 3.63) is 24.3 Å². The van der Waals surface area contributed by atoms with Gasteiger partial charge in [0.25, 0.3) is 5.91 Å². The van der Waals surface area contributed by atoms with E-state index >= 15 is 0 Å². The molecular weight excluding hydrogens is 328 g/mol. The summed E-state index contributed by atoms with van der Waals surface area (Å²) in [6.45, 7) is 2.27. The minimum atomic E-state index is -0.289. The number of nitrogens with zero attached hydrogens (tertiary/aromatic N) is 2. The van der Waals surface area contributed by atoms with Gasteiger partial charge in [0, 0.05) is 30.9 Å². The normalized spacial score (nSPS) is 21.2. The van der Waals surface area contributed by atoms with Gasteiger partial charge in [0.1, 0.15) is 0 Å². The van der Waals surface area contributed by atoms with Crippen molar-refractivity contribution in [2.75, 3.05) is 23.3 Å². The Morgan fingerprint density at radius 1 is 1.30 bits per heavy atom. The molecule has 0 aromatic heterocycles. The van der Waals surface area contributed by atoms with Crippen LogP contribution < -0.4 is 16.0 Å². The number of carbonyl (C=O) groups is 1. The minimum absolute atomic E-state index is 0.197. The van der Waals surface area contributed by atoms with Crippen LogP contribution >= 0.6 is 24.0 Å². The second kappa shape index (κ2) is 7.31. The van der Waals surface area contributed by atoms with Crippen molar-refractivity contribution >= 4 is 51.4 Å². The van der Waals surface area contributed by atoms with E-state index in [4.69, 9.17) is 18.0 Å². The average molecular weight is 348 g/mol. The molecule has 1 aromatic rings. The van der Waals surface area contributed by atoms with Crippen LogP contribution in [0.5, 0.6) is 0 Å². The lowest BCUT2D eigenvalue weighted by molar-refractivity contribution is -0.116. The van der Waals surface area contributed by atoms with Crippen LogP contribution in [0.15, 0.2) is 29.3 Å². The number of hydrogen-bond donors (Lipinski definition) is 2. The number of nitrogens with two attached hydrogens (primary N) is 1. The molecule has 0 spiro atoms. The number of rotatable bonds is 4. The molecule has 0 saturated carbocycles. The van der Waals surface area contributed by atoms with Crippen molar-refractivity contribution in [3.8, 4) is 0 Å². The first-order valence-corrected chi connectivity index (χ1v) is 9.10. The fourth-order valence-corrected chi connectivity index (χ4v) is 4.05. The molecule has 0 unspecified atom stereocenters. The topological polar surface area (TPSA) is 70.7 Å². The molecule has 7 heteroatoms. The Bertz CT molecular complexity index is 623. The van der Waals surface area contributed by atoms with Crippen LogP contribution in [0.1, 0.15) is 25.7 Å². The van der Waals surface area contributed by atoms with E-state index in [0.29, 0.717) is 16.6 Å². The van der Waals surface area contributed by atoms with E-state index in [1.165, 1.54) is 36.7 Å². The summed E-state index contributed by atoms with van der Waals surface area (Å²) in [5.74, 6) is -0.197. The van der Waals surface area contributed by atoms with Gasteiger partial charge in [-0.15, -0.1) is 0 Å². The first-order chi connectivity index (χ1) is 11.1. The van der Waals surface area contributed by atoms with Gasteiger partial charge in [-0.1, -0.05) is 24.0 Å². The highest BCUT2D eigenvalue weighted by molar-refractivity contribution is 8.15. The number of anilines is 2. The third-order valence-electron chi connectivity index (χ3n) is 4.00. The predicted octanol–water partition coefficient (Wildman–Crippen LogP) is 2.76. The maximum atomic E-state index is 11.6. The molecule has 3 rings (SSSR count). The van der Waals surface area contributed by atoms with Crippen LogP contribution in [-0.4, -0.2) is 34.4 Å². The van der Waals surface area contributed by atoms with E-state index in [1.54, 1.807) is 0 Å². The van der Waals surface area contributed by atoms with Crippen LogP contribution in [0.4, 0.5) is 11.4 Å². The van der Waals surface area contributed by atoms with Gasteiger partial charge in [0.15, 0.2) is 5.17 Å². The molecule has 1 amide bonds. The number of benzene rings is 1. The maximum absolute atomic E-state index is 11.6. The van der Waals surface area contributed by atoms with Gasteiger partial charge in [-0.2, -0.15) is 4.99 Å². The quantitative estimate of drug-likeness (QED) is 0.816. The summed E-state index contributed by atoms with van der Waals surface area (Å²) in [4.78, 5) is 18.4. The molecule has 3 N–H and O–H groups in total. The van der Waals surface area contributed by atoms with Crippen molar-refractivity contribution in [3.63, 3.8) is 0 Å². The molecule has 1 aromatic carbocycles. The van der Waals surface area contributed by atoms with Crippen molar-refractivity contribution in [1.29, 1.82) is 0 Å². The highest BCUT2D eigenvalue weighted by atomic mass is 32.2. The number of amides is 1. The number of aliphatic imine (C=N–C) groups is 1. The van der Waals surface area contributed by atoms with Crippen molar-refractivity contribution < 1.29 is 4.79 Å². The van der Waals surface area contributed by atoms with Gasteiger partial charge in [-0.05, 0) is 43.5 Å². The van der Waals surface area contributed by atoms with Gasteiger partial charge in [0.05, 0.1) is 10.2 Å². The van der Waals surface area contributed by atoms with Crippen molar-refractivity contribution in [1.82, 2.24) is 0 Å². The summed E-state index contributed by atoms with van der Waals surface area (Å²) < 4.78 is 0. The summed E-state index contributed by atoms with van der Waals surface area (Å²) in [7, 11) is 0. The number of carbonyl (C=O) groups excluding carboxylic acids is 1. The standard InChI is InChI=1S/C16H20N4OS2/c17-16-19-15(21)13(23-16)10-14(22)18-11-4-6-12(7-5-11)20-8-2-1-3-9-20/h4-7,13H,1-3,8-10H2,(H,18,22)(H2,17,19,21)/t13-/m0/s1. The van der Waals surface area contributed by atoms with Gasteiger partial charge in [-0.3, -0.25) is 4.79 Å². The Labute approximate surface area is 145 Å². The van der Waals surface area contributed by atoms with E-state index in [9.17, 15) is 4.79 Å². The first kappa shape index (κ1) is 16.3. The van der Waals surface area contributed by atoms with Crippen LogP contribution in [0, 0.1) is 0 Å². The number of nitrogens with one attached hydrogen (secondary N) is 1. The lowest BCUT2D eigenvalue weighted by Crippen LogP contribution is -2.29. The largest absolute Gasteiger partial charge is 0.378 e. The van der Waals surface area contributed by atoms with E-state index in [0.717, 1.165) is 18.8 Å². The lowest BCUT2D eigenvalue weighted by Gasteiger charge is -2.28. The predicted molar refractivity (Wildman–Crippen MR) is 101 cm³/mol. The molecule has 1 saturated heterocycles. The maximum Gasteiger partial charge on any atom is 0.262 e. The van der Waals surface area contributed by atoms with Gasteiger partial charge in [0.2, 0.25) is 0 Å². The number of hydrogen-bond acceptors (Lipinski definition) is 5. The highest BCUT2D eigenvalue weighted by Gasteiger charge is 2.27. The second-order valence-electron chi connectivity index (χ2n) is 5.74. The van der Waals surface area contributed by atoms with Crippen molar-refractivity contribution in [2.24, 2.45) is 10.7 Å². The first-order valence-electron chi connectivity index (χ1n) is 7.81. The molecule has 2 aliphatic rings. The molecular formula is C16H20N4OS2. The highest BCUT2D eigenvalue weighted by Crippen LogP contribution is 2.25. The summed E-state index contributed by atoms with van der Waals surface area (Å²) in [5.41, 5.74) is 7.75. The molecule has 1 fully saturated rings. The van der Waals surface area contributed by atoms with Crippen LogP contribution in [0.3, 0.4) is 0 Å². The molecule has 1 atom stereocenters. The number of piperidine rings is 1.